The summed E-state index contributed by atoms with van der Waals surface area (Å²) in [5, 5.41) is 9.52. The number of urea groups is 1. The van der Waals surface area contributed by atoms with E-state index >= 15 is 0 Å². The lowest BCUT2D eigenvalue weighted by Gasteiger charge is -2.33. The fourth-order valence-electron chi connectivity index (χ4n) is 3.90. The number of unbranched alkanes of at least 4 members (excludes halogenated alkanes) is 1. The lowest BCUT2D eigenvalue weighted by Crippen LogP contribution is -2.50. The Labute approximate surface area is 149 Å². The van der Waals surface area contributed by atoms with Crippen LogP contribution < -0.4 is 21.7 Å². The van der Waals surface area contributed by atoms with Gasteiger partial charge in [-0.3, -0.25) is 4.79 Å². The number of amides is 3. The Balaban J connectivity index is 1.64. The first-order valence-corrected chi connectivity index (χ1v) is 9.89. The molecule has 7 heteroatoms. The Morgan fingerprint density at radius 2 is 2.00 bits per heavy atom. The first-order chi connectivity index (χ1) is 11.1. The maximum Gasteiger partial charge on any atom is 0.315 e. The van der Waals surface area contributed by atoms with Crippen molar-refractivity contribution in [2.75, 3.05) is 5.75 Å². The lowest BCUT2D eigenvalue weighted by atomic mass is 9.87. The minimum Gasteiger partial charge on any atom is -0.351 e. The van der Waals surface area contributed by atoms with Crippen molar-refractivity contribution in [3.05, 3.63) is 0 Å². The van der Waals surface area contributed by atoms with Gasteiger partial charge in [-0.25, -0.2) is 4.79 Å². The SMILES string of the molecule is CC(C)(N)CC(C)(C)NC(=O)CCCC[C@@H]1SCC2NC(=O)NC21. The minimum atomic E-state index is -0.299. The summed E-state index contributed by atoms with van der Waals surface area (Å²) in [5.74, 6) is 1.08. The average molecular weight is 357 g/mol. The van der Waals surface area contributed by atoms with Crippen LogP contribution in [0.15, 0.2) is 0 Å². The van der Waals surface area contributed by atoms with Crippen molar-refractivity contribution in [1.29, 1.82) is 0 Å². The summed E-state index contributed by atoms with van der Waals surface area (Å²) >= 11 is 1.92. The largest absolute Gasteiger partial charge is 0.351 e. The summed E-state index contributed by atoms with van der Waals surface area (Å²) < 4.78 is 0. The first kappa shape index (κ1) is 19.4. The number of fused-ring (bicyclic) bond motifs is 1. The van der Waals surface area contributed by atoms with E-state index in [0.717, 1.165) is 31.4 Å². The molecule has 3 amide bonds. The molecule has 2 heterocycles. The third kappa shape index (κ3) is 5.84. The molecule has 24 heavy (non-hydrogen) atoms. The number of carbonyl (C=O) groups excluding carboxylic acids is 2. The van der Waals surface area contributed by atoms with E-state index in [2.05, 4.69) is 16.0 Å². The van der Waals surface area contributed by atoms with Gasteiger partial charge in [0, 0.05) is 28.5 Å². The molecule has 6 nitrogen and oxygen atoms in total. The zero-order chi connectivity index (χ0) is 18.0. The Bertz CT molecular complexity index is 476. The zero-order valence-electron chi connectivity index (χ0n) is 15.3. The molecule has 0 aromatic heterocycles. The summed E-state index contributed by atoms with van der Waals surface area (Å²) in [6.45, 7) is 7.99. The third-order valence-corrected chi connectivity index (χ3v) is 5.96. The van der Waals surface area contributed by atoms with E-state index in [-0.39, 0.29) is 35.1 Å². The van der Waals surface area contributed by atoms with E-state index in [9.17, 15) is 9.59 Å². The van der Waals surface area contributed by atoms with Crippen molar-refractivity contribution in [1.82, 2.24) is 16.0 Å². The summed E-state index contributed by atoms with van der Waals surface area (Å²) in [7, 11) is 0. The van der Waals surface area contributed by atoms with Gasteiger partial charge in [0.05, 0.1) is 12.1 Å². The van der Waals surface area contributed by atoms with E-state index in [1.54, 1.807) is 0 Å². The highest BCUT2D eigenvalue weighted by Gasteiger charge is 2.42. The van der Waals surface area contributed by atoms with Crippen molar-refractivity contribution < 1.29 is 9.59 Å². The molecule has 0 radical (unpaired) electrons. The van der Waals surface area contributed by atoms with Crippen LogP contribution in [0.5, 0.6) is 0 Å². The highest BCUT2D eigenvalue weighted by molar-refractivity contribution is 8.00. The van der Waals surface area contributed by atoms with Crippen molar-refractivity contribution in [2.24, 2.45) is 5.73 Å². The smallest absolute Gasteiger partial charge is 0.315 e. The van der Waals surface area contributed by atoms with E-state index in [1.165, 1.54) is 0 Å². The van der Waals surface area contributed by atoms with Crippen molar-refractivity contribution >= 4 is 23.7 Å². The monoisotopic (exact) mass is 356 g/mol. The molecule has 0 aromatic rings. The molecule has 138 valence electrons. The molecule has 0 bridgehead atoms. The molecule has 0 saturated carbocycles. The molecule has 2 fully saturated rings. The summed E-state index contributed by atoms with van der Waals surface area (Å²) in [4.78, 5) is 23.5. The van der Waals surface area contributed by atoms with Gasteiger partial charge in [-0.05, 0) is 47.0 Å². The molecule has 0 aromatic carbocycles. The van der Waals surface area contributed by atoms with Gasteiger partial charge in [0.2, 0.25) is 5.91 Å². The Kier molecular flexibility index (Phi) is 6.07. The van der Waals surface area contributed by atoms with Gasteiger partial charge < -0.3 is 21.7 Å². The van der Waals surface area contributed by atoms with Crippen LogP contribution >= 0.6 is 11.8 Å². The standard InChI is InChI=1S/C17H32N4O2S/c1-16(2,18)10-17(3,4)21-13(22)8-6-5-7-12-14-11(9-24-12)19-15(23)20-14/h11-12,14H,5-10,18H2,1-4H3,(H,21,22)(H2,19,20,23)/t11?,12-,14?/m0/s1. The number of nitrogens with two attached hydrogens (primary N) is 1. The van der Waals surface area contributed by atoms with Gasteiger partial charge in [-0.1, -0.05) is 6.42 Å². The molecule has 2 aliphatic rings. The molecular weight excluding hydrogens is 324 g/mol. The van der Waals surface area contributed by atoms with Gasteiger partial charge >= 0.3 is 6.03 Å². The number of thioether (sulfide) groups is 1. The topological polar surface area (TPSA) is 96.2 Å². The van der Waals surface area contributed by atoms with E-state index in [0.29, 0.717) is 11.7 Å². The molecule has 2 unspecified atom stereocenters. The number of nitrogens with one attached hydrogen (secondary N) is 3. The van der Waals surface area contributed by atoms with Gasteiger partial charge in [0.15, 0.2) is 0 Å². The zero-order valence-corrected chi connectivity index (χ0v) is 16.1. The molecular formula is C17H32N4O2S. The Morgan fingerprint density at radius 3 is 2.67 bits per heavy atom. The molecule has 5 N–H and O–H groups in total. The summed E-state index contributed by atoms with van der Waals surface area (Å²) in [5.41, 5.74) is 5.47. The van der Waals surface area contributed by atoms with E-state index in [4.69, 9.17) is 5.73 Å². The average Bonchev–Trinajstić information content (AvgIpc) is 2.90. The number of hydrogen-bond donors (Lipinski definition) is 4. The van der Waals surface area contributed by atoms with Crippen molar-refractivity contribution in [2.45, 2.75) is 88.2 Å². The van der Waals surface area contributed by atoms with Crippen LogP contribution in [-0.2, 0) is 4.79 Å². The summed E-state index contributed by atoms with van der Waals surface area (Å²) in [6.07, 6.45) is 4.21. The molecule has 3 atom stereocenters. The summed E-state index contributed by atoms with van der Waals surface area (Å²) in [6, 6.07) is 0.484. The van der Waals surface area contributed by atoms with Crippen LogP contribution in [0.4, 0.5) is 4.79 Å². The predicted octanol–water partition coefficient (Wildman–Crippen LogP) is 1.73. The second-order valence-electron chi connectivity index (χ2n) is 8.47. The van der Waals surface area contributed by atoms with Crippen LogP contribution in [0.3, 0.4) is 0 Å². The molecule has 2 rings (SSSR count). The van der Waals surface area contributed by atoms with Crippen LogP contribution in [0.2, 0.25) is 0 Å². The highest BCUT2D eigenvalue weighted by atomic mass is 32.2. The maximum atomic E-state index is 12.1. The van der Waals surface area contributed by atoms with Crippen molar-refractivity contribution in [3.63, 3.8) is 0 Å². The normalized spacial score (nSPS) is 26.7. The Morgan fingerprint density at radius 1 is 1.29 bits per heavy atom. The van der Waals surface area contributed by atoms with Gasteiger partial charge in [0.25, 0.3) is 0 Å². The molecule has 0 spiro atoms. The fourth-order valence-corrected chi connectivity index (χ4v) is 5.44. The maximum absolute atomic E-state index is 12.1. The van der Waals surface area contributed by atoms with E-state index < -0.39 is 0 Å². The highest BCUT2D eigenvalue weighted by Crippen LogP contribution is 2.33. The van der Waals surface area contributed by atoms with E-state index in [1.807, 2.05) is 39.5 Å². The Hall–Kier alpha value is -0.950. The molecule has 2 saturated heterocycles. The third-order valence-electron chi connectivity index (χ3n) is 4.46. The molecule has 2 aliphatic heterocycles. The number of rotatable bonds is 8. The number of carbonyl (C=O) groups is 2. The second-order valence-corrected chi connectivity index (χ2v) is 9.74. The fraction of sp³-hybridized carbons (Fsp3) is 0.882. The number of hydrogen-bond acceptors (Lipinski definition) is 4. The van der Waals surface area contributed by atoms with Crippen molar-refractivity contribution in [3.8, 4) is 0 Å². The van der Waals surface area contributed by atoms with Crippen LogP contribution in [0.1, 0.15) is 59.8 Å². The second kappa shape index (κ2) is 7.52. The minimum absolute atomic E-state index is 0.0419. The lowest BCUT2D eigenvalue weighted by molar-refractivity contribution is -0.123. The van der Waals surface area contributed by atoms with Gasteiger partial charge in [0.1, 0.15) is 0 Å². The van der Waals surface area contributed by atoms with Crippen LogP contribution in [0, 0.1) is 0 Å². The molecule has 0 aliphatic carbocycles. The van der Waals surface area contributed by atoms with Crippen LogP contribution in [0.25, 0.3) is 0 Å². The predicted molar refractivity (Wildman–Crippen MR) is 99.1 cm³/mol. The van der Waals surface area contributed by atoms with Crippen LogP contribution in [-0.4, -0.2) is 46.1 Å². The quantitative estimate of drug-likeness (QED) is 0.393. The first-order valence-electron chi connectivity index (χ1n) is 8.84. The van der Waals surface area contributed by atoms with Gasteiger partial charge in [-0.15, -0.1) is 0 Å². The van der Waals surface area contributed by atoms with Gasteiger partial charge in [-0.2, -0.15) is 11.8 Å².